The molecule has 0 fully saturated rings. The molecule has 0 radical (unpaired) electrons. The maximum atomic E-state index is 4.65. The van der Waals surface area contributed by atoms with Crippen LogP contribution in [-0.4, -0.2) is 16.1 Å². The van der Waals surface area contributed by atoms with Crippen LogP contribution in [0.2, 0.25) is 0 Å². The van der Waals surface area contributed by atoms with Gasteiger partial charge in [0.25, 0.3) is 0 Å². The van der Waals surface area contributed by atoms with Crippen LogP contribution >= 0.6 is 11.3 Å². The van der Waals surface area contributed by atoms with Crippen molar-refractivity contribution >= 4 is 11.3 Å². The van der Waals surface area contributed by atoms with Crippen LogP contribution in [0.1, 0.15) is 60.3 Å². The van der Waals surface area contributed by atoms with E-state index < -0.39 is 0 Å². The van der Waals surface area contributed by atoms with Gasteiger partial charge in [0.2, 0.25) is 0 Å². The van der Waals surface area contributed by atoms with Gasteiger partial charge in [-0.05, 0) is 50.3 Å². The number of hydrogen-bond donors (Lipinski definition) is 1. The number of thiophene rings is 1. The van der Waals surface area contributed by atoms with Gasteiger partial charge in [0.05, 0.1) is 0 Å². The normalized spacial score (nSPS) is 15.3. The largest absolute Gasteiger partial charge is 0.333 e. The summed E-state index contributed by atoms with van der Waals surface area (Å²) in [5, 5.41) is 3.70. The van der Waals surface area contributed by atoms with Gasteiger partial charge in [0.15, 0.2) is 0 Å². The zero-order valence-corrected chi connectivity index (χ0v) is 13.9. The molecule has 2 aromatic rings. The zero-order valence-electron chi connectivity index (χ0n) is 13.1. The summed E-state index contributed by atoms with van der Waals surface area (Å²) in [6.45, 7) is 6.52. The van der Waals surface area contributed by atoms with Gasteiger partial charge >= 0.3 is 0 Å². The second-order valence-electron chi connectivity index (χ2n) is 5.82. The predicted octanol–water partition coefficient (Wildman–Crippen LogP) is 3.93. The van der Waals surface area contributed by atoms with Crippen molar-refractivity contribution in [1.29, 1.82) is 0 Å². The summed E-state index contributed by atoms with van der Waals surface area (Å²) in [7, 11) is 0. The smallest absolute Gasteiger partial charge is 0.131 e. The molecule has 1 atom stereocenters. The van der Waals surface area contributed by atoms with E-state index in [4.69, 9.17) is 0 Å². The molecule has 0 spiro atoms. The fraction of sp³-hybridized carbons (Fsp3) is 0.588. The Morgan fingerprint density at radius 3 is 3.00 bits per heavy atom. The van der Waals surface area contributed by atoms with Crippen LogP contribution in [-0.2, 0) is 19.4 Å². The molecule has 3 rings (SSSR count). The molecule has 4 heteroatoms. The van der Waals surface area contributed by atoms with Crippen molar-refractivity contribution < 1.29 is 0 Å². The van der Waals surface area contributed by atoms with E-state index >= 15 is 0 Å². The fourth-order valence-electron chi connectivity index (χ4n) is 3.11. The molecular weight excluding hydrogens is 278 g/mol. The minimum atomic E-state index is 0.252. The standard InChI is InChI=1S/C17H25N3S/c1-3-8-18-16(17-19-9-11-20(17)10-4-2)15-12-13-6-5-7-14(13)21-15/h9,11-12,16,18H,3-8,10H2,1-2H3. The second kappa shape index (κ2) is 6.75. The van der Waals surface area contributed by atoms with Crippen LogP contribution in [0.5, 0.6) is 0 Å². The average molecular weight is 303 g/mol. The molecule has 21 heavy (non-hydrogen) atoms. The van der Waals surface area contributed by atoms with Crippen LogP contribution in [0.4, 0.5) is 0 Å². The number of hydrogen-bond acceptors (Lipinski definition) is 3. The molecule has 2 heterocycles. The van der Waals surface area contributed by atoms with Crippen LogP contribution in [0.3, 0.4) is 0 Å². The summed E-state index contributed by atoms with van der Waals surface area (Å²) < 4.78 is 2.30. The molecule has 0 saturated carbocycles. The lowest BCUT2D eigenvalue weighted by atomic mass is 10.1. The Morgan fingerprint density at radius 1 is 1.33 bits per heavy atom. The molecule has 0 aromatic carbocycles. The third kappa shape index (κ3) is 3.06. The minimum Gasteiger partial charge on any atom is -0.333 e. The SMILES string of the molecule is CCCNC(c1cc2c(s1)CCC2)c1nccn1CCC. The highest BCUT2D eigenvalue weighted by Gasteiger charge is 2.23. The molecule has 114 valence electrons. The number of aromatic nitrogens is 2. The lowest BCUT2D eigenvalue weighted by Gasteiger charge is -2.18. The molecule has 1 unspecified atom stereocenters. The Kier molecular flexibility index (Phi) is 4.76. The molecular formula is C17H25N3S. The molecule has 0 bridgehead atoms. The zero-order chi connectivity index (χ0) is 14.7. The minimum absolute atomic E-state index is 0.252. The molecule has 3 nitrogen and oxygen atoms in total. The lowest BCUT2D eigenvalue weighted by molar-refractivity contribution is 0.535. The third-order valence-electron chi connectivity index (χ3n) is 4.12. The molecule has 1 aliphatic rings. The summed E-state index contributed by atoms with van der Waals surface area (Å²) in [5.74, 6) is 1.17. The van der Waals surface area contributed by atoms with Gasteiger partial charge in [-0.1, -0.05) is 13.8 Å². The van der Waals surface area contributed by atoms with E-state index in [1.165, 1.54) is 30.0 Å². The van der Waals surface area contributed by atoms with E-state index in [2.05, 4.69) is 41.0 Å². The number of rotatable bonds is 7. The van der Waals surface area contributed by atoms with Gasteiger partial charge in [-0.2, -0.15) is 0 Å². The van der Waals surface area contributed by atoms with Gasteiger partial charge in [-0.15, -0.1) is 11.3 Å². The topological polar surface area (TPSA) is 29.9 Å². The number of nitrogens with zero attached hydrogens (tertiary/aromatic N) is 2. The Hall–Kier alpha value is -1.13. The van der Waals surface area contributed by atoms with Crippen molar-refractivity contribution in [3.8, 4) is 0 Å². The highest BCUT2D eigenvalue weighted by Crippen LogP contribution is 2.35. The van der Waals surface area contributed by atoms with Crippen molar-refractivity contribution in [2.24, 2.45) is 0 Å². The van der Waals surface area contributed by atoms with Crippen molar-refractivity contribution in [2.45, 2.75) is 58.5 Å². The van der Waals surface area contributed by atoms with Crippen LogP contribution < -0.4 is 5.32 Å². The monoisotopic (exact) mass is 303 g/mol. The molecule has 2 aromatic heterocycles. The van der Waals surface area contributed by atoms with Gasteiger partial charge in [0, 0.05) is 28.7 Å². The van der Waals surface area contributed by atoms with Crippen molar-refractivity contribution in [3.05, 3.63) is 39.6 Å². The molecule has 1 N–H and O–H groups in total. The first-order chi connectivity index (χ1) is 10.3. The first-order valence-electron chi connectivity index (χ1n) is 8.19. The van der Waals surface area contributed by atoms with Crippen molar-refractivity contribution in [1.82, 2.24) is 14.9 Å². The van der Waals surface area contributed by atoms with Gasteiger partial charge < -0.3 is 9.88 Å². The van der Waals surface area contributed by atoms with Gasteiger partial charge in [-0.3, -0.25) is 0 Å². The van der Waals surface area contributed by atoms with Gasteiger partial charge in [-0.25, -0.2) is 4.98 Å². The lowest BCUT2D eigenvalue weighted by Crippen LogP contribution is -2.25. The Balaban J connectivity index is 1.90. The van der Waals surface area contributed by atoms with Crippen molar-refractivity contribution in [3.63, 3.8) is 0 Å². The highest BCUT2D eigenvalue weighted by molar-refractivity contribution is 7.12. The van der Waals surface area contributed by atoms with E-state index in [0.717, 1.165) is 25.9 Å². The first-order valence-corrected chi connectivity index (χ1v) is 9.01. The summed E-state index contributed by atoms with van der Waals surface area (Å²) in [6, 6.07) is 2.67. The second-order valence-corrected chi connectivity index (χ2v) is 6.99. The Morgan fingerprint density at radius 2 is 2.24 bits per heavy atom. The number of nitrogens with one attached hydrogen (secondary N) is 1. The van der Waals surface area contributed by atoms with E-state index in [-0.39, 0.29) is 6.04 Å². The molecule has 0 saturated heterocycles. The number of imidazole rings is 1. The number of fused-ring (bicyclic) bond motifs is 1. The van der Waals surface area contributed by atoms with E-state index in [0.29, 0.717) is 0 Å². The summed E-state index contributed by atoms with van der Waals surface area (Å²) in [4.78, 5) is 7.69. The molecule has 0 amide bonds. The average Bonchev–Trinajstić information content (AvgIpc) is 3.16. The fourth-order valence-corrected chi connectivity index (χ4v) is 4.44. The van der Waals surface area contributed by atoms with Crippen LogP contribution in [0, 0.1) is 0 Å². The summed E-state index contributed by atoms with van der Waals surface area (Å²) in [5.41, 5.74) is 1.58. The number of aryl methyl sites for hydroxylation is 3. The van der Waals surface area contributed by atoms with E-state index in [9.17, 15) is 0 Å². The maximum absolute atomic E-state index is 4.65. The Bertz CT molecular complexity index is 563. The van der Waals surface area contributed by atoms with Crippen molar-refractivity contribution in [2.75, 3.05) is 6.54 Å². The quantitative estimate of drug-likeness (QED) is 0.840. The third-order valence-corrected chi connectivity index (χ3v) is 5.42. The summed E-state index contributed by atoms with van der Waals surface area (Å²) in [6.07, 6.45) is 10.2. The molecule has 0 aliphatic heterocycles. The molecule has 1 aliphatic carbocycles. The van der Waals surface area contributed by atoms with Crippen LogP contribution in [0.25, 0.3) is 0 Å². The van der Waals surface area contributed by atoms with Gasteiger partial charge in [0.1, 0.15) is 11.9 Å². The predicted molar refractivity (Wildman–Crippen MR) is 89.0 cm³/mol. The van der Waals surface area contributed by atoms with E-state index in [1.807, 2.05) is 17.5 Å². The first kappa shape index (κ1) is 14.8. The van der Waals surface area contributed by atoms with Crippen LogP contribution in [0.15, 0.2) is 18.5 Å². The maximum Gasteiger partial charge on any atom is 0.131 e. The van der Waals surface area contributed by atoms with E-state index in [1.54, 1.807) is 10.4 Å². The highest BCUT2D eigenvalue weighted by atomic mass is 32.1. The summed E-state index contributed by atoms with van der Waals surface area (Å²) >= 11 is 1.99. The Labute approximate surface area is 131 Å².